The molecule has 2 nitrogen and oxygen atoms in total. The summed E-state index contributed by atoms with van der Waals surface area (Å²) < 4.78 is 5.19. The van der Waals surface area contributed by atoms with Crippen LogP contribution in [0.4, 0.5) is 0 Å². The van der Waals surface area contributed by atoms with E-state index in [0.717, 1.165) is 5.76 Å². The highest BCUT2D eigenvalue weighted by Crippen LogP contribution is 2.40. The Morgan fingerprint density at radius 3 is 2.73 bits per heavy atom. The zero-order chi connectivity index (χ0) is 7.84. The van der Waals surface area contributed by atoms with Gasteiger partial charge in [-0.2, -0.15) is 0 Å². The molecule has 0 N–H and O–H groups in total. The van der Waals surface area contributed by atoms with E-state index in [-0.39, 0.29) is 5.76 Å². The van der Waals surface area contributed by atoms with E-state index >= 15 is 0 Å². The summed E-state index contributed by atoms with van der Waals surface area (Å²) in [5, 5.41) is -0.517. The third-order valence-corrected chi connectivity index (χ3v) is 1.99. The molecule has 1 aliphatic carbocycles. The molecule has 0 aliphatic heterocycles. The molecule has 11 heavy (non-hydrogen) atoms. The summed E-state index contributed by atoms with van der Waals surface area (Å²) in [7, 11) is 0. The molecule has 0 saturated heterocycles. The van der Waals surface area contributed by atoms with E-state index in [1.807, 2.05) is 6.07 Å². The second-order valence-corrected chi connectivity index (χ2v) is 3.09. The molecule has 1 aromatic heterocycles. The Bertz CT molecular complexity index is 286. The van der Waals surface area contributed by atoms with Crippen LogP contribution in [0.1, 0.15) is 35.1 Å². The number of carbonyl (C=O) groups is 1. The van der Waals surface area contributed by atoms with E-state index in [4.69, 9.17) is 16.0 Å². The highest BCUT2D eigenvalue weighted by molar-refractivity contribution is 6.67. The fourth-order valence-electron chi connectivity index (χ4n) is 1.05. The second kappa shape index (κ2) is 2.38. The van der Waals surface area contributed by atoms with Gasteiger partial charge in [-0.1, -0.05) is 0 Å². The van der Waals surface area contributed by atoms with Crippen molar-refractivity contribution in [1.82, 2.24) is 0 Å². The molecule has 0 unspecified atom stereocenters. The van der Waals surface area contributed by atoms with Crippen molar-refractivity contribution in [3.05, 3.63) is 23.7 Å². The SMILES string of the molecule is O=C(Cl)c1ccc(C2CC2)o1. The Labute approximate surface area is 69.1 Å². The first-order chi connectivity index (χ1) is 5.27. The molecule has 0 radical (unpaired) electrons. The van der Waals surface area contributed by atoms with Crippen molar-refractivity contribution < 1.29 is 9.21 Å². The lowest BCUT2D eigenvalue weighted by atomic mass is 10.3. The van der Waals surface area contributed by atoms with E-state index in [1.54, 1.807) is 6.07 Å². The smallest absolute Gasteiger partial charge is 0.287 e. The highest BCUT2D eigenvalue weighted by Gasteiger charge is 2.27. The van der Waals surface area contributed by atoms with Crippen molar-refractivity contribution in [2.75, 3.05) is 0 Å². The van der Waals surface area contributed by atoms with Gasteiger partial charge in [-0.3, -0.25) is 4.79 Å². The molecule has 1 fully saturated rings. The minimum Gasteiger partial charge on any atom is -0.456 e. The third-order valence-electron chi connectivity index (χ3n) is 1.80. The van der Waals surface area contributed by atoms with Crippen LogP contribution >= 0.6 is 11.6 Å². The molecule has 3 heteroatoms. The predicted molar refractivity (Wildman–Crippen MR) is 40.9 cm³/mol. The van der Waals surface area contributed by atoms with Crippen LogP contribution in [-0.4, -0.2) is 5.24 Å². The first-order valence-electron chi connectivity index (χ1n) is 3.57. The van der Waals surface area contributed by atoms with Crippen LogP contribution in [0.15, 0.2) is 16.5 Å². The molecule has 2 rings (SSSR count). The van der Waals surface area contributed by atoms with Gasteiger partial charge in [0.2, 0.25) is 0 Å². The van der Waals surface area contributed by atoms with Crippen LogP contribution in [0.5, 0.6) is 0 Å². The maximum Gasteiger partial charge on any atom is 0.287 e. The van der Waals surface area contributed by atoms with Crippen LogP contribution in [0, 0.1) is 0 Å². The Kier molecular flexibility index (Phi) is 1.50. The third kappa shape index (κ3) is 1.31. The van der Waals surface area contributed by atoms with Gasteiger partial charge in [0.25, 0.3) is 5.24 Å². The van der Waals surface area contributed by atoms with Gasteiger partial charge in [-0.15, -0.1) is 0 Å². The van der Waals surface area contributed by atoms with Crippen molar-refractivity contribution >= 4 is 16.8 Å². The average Bonchev–Trinajstić information content (AvgIpc) is 2.68. The number of hydrogen-bond acceptors (Lipinski definition) is 2. The fraction of sp³-hybridized carbons (Fsp3) is 0.375. The van der Waals surface area contributed by atoms with Gasteiger partial charge in [0.05, 0.1) is 0 Å². The summed E-state index contributed by atoms with van der Waals surface area (Å²) >= 11 is 5.21. The summed E-state index contributed by atoms with van der Waals surface area (Å²) in [6.45, 7) is 0. The van der Waals surface area contributed by atoms with E-state index in [2.05, 4.69) is 0 Å². The topological polar surface area (TPSA) is 30.2 Å². The Hall–Kier alpha value is -0.760. The molecular formula is C8H7ClO2. The first kappa shape index (κ1) is 6.92. The second-order valence-electron chi connectivity index (χ2n) is 2.75. The van der Waals surface area contributed by atoms with Gasteiger partial charge in [0.15, 0.2) is 5.76 Å². The van der Waals surface area contributed by atoms with Crippen molar-refractivity contribution in [2.24, 2.45) is 0 Å². The van der Waals surface area contributed by atoms with E-state index < -0.39 is 5.24 Å². The molecule has 1 saturated carbocycles. The van der Waals surface area contributed by atoms with Gasteiger partial charge < -0.3 is 4.42 Å². The van der Waals surface area contributed by atoms with E-state index in [9.17, 15) is 4.79 Å². The van der Waals surface area contributed by atoms with Gasteiger partial charge >= 0.3 is 0 Å². The Morgan fingerprint density at radius 1 is 1.55 bits per heavy atom. The number of rotatable bonds is 2. The van der Waals surface area contributed by atoms with Gasteiger partial charge in [-0.05, 0) is 36.6 Å². The van der Waals surface area contributed by atoms with E-state index in [1.165, 1.54) is 12.8 Å². The molecule has 0 bridgehead atoms. The zero-order valence-electron chi connectivity index (χ0n) is 5.84. The molecule has 0 amide bonds. The summed E-state index contributed by atoms with van der Waals surface area (Å²) in [5.74, 6) is 1.70. The summed E-state index contributed by atoms with van der Waals surface area (Å²) in [5.41, 5.74) is 0. The van der Waals surface area contributed by atoms with Gasteiger partial charge in [0, 0.05) is 5.92 Å². The maximum absolute atomic E-state index is 10.6. The van der Waals surface area contributed by atoms with Crippen LogP contribution in [0.3, 0.4) is 0 Å². The minimum absolute atomic E-state index is 0.258. The monoisotopic (exact) mass is 170 g/mol. The van der Waals surface area contributed by atoms with Gasteiger partial charge in [-0.25, -0.2) is 0 Å². The molecule has 1 heterocycles. The van der Waals surface area contributed by atoms with Crippen LogP contribution in [0.25, 0.3) is 0 Å². The summed E-state index contributed by atoms with van der Waals surface area (Å²) in [4.78, 5) is 10.6. The van der Waals surface area contributed by atoms with Crippen molar-refractivity contribution in [3.63, 3.8) is 0 Å². The van der Waals surface area contributed by atoms with Crippen LogP contribution in [0.2, 0.25) is 0 Å². The van der Waals surface area contributed by atoms with Gasteiger partial charge in [0.1, 0.15) is 5.76 Å². The van der Waals surface area contributed by atoms with Crippen molar-refractivity contribution in [2.45, 2.75) is 18.8 Å². The molecule has 0 atom stereocenters. The lowest BCUT2D eigenvalue weighted by Gasteiger charge is -1.87. The first-order valence-corrected chi connectivity index (χ1v) is 3.95. The fourth-order valence-corrected chi connectivity index (χ4v) is 1.15. The summed E-state index contributed by atoms with van der Waals surface area (Å²) in [6.07, 6.45) is 2.34. The molecular weight excluding hydrogens is 164 g/mol. The molecule has 58 valence electrons. The highest BCUT2D eigenvalue weighted by atomic mass is 35.5. The number of hydrogen-bond donors (Lipinski definition) is 0. The number of furan rings is 1. The van der Waals surface area contributed by atoms with Crippen LogP contribution < -0.4 is 0 Å². The Balaban J connectivity index is 2.25. The maximum atomic E-state index is 10.6. The largest absolute Gasteiger partial charge is 0.456 e. The van der Waals surface area contributed by atoms with E-state index in [0.29, 0.717) is 5.92 Å². The lowest BCUT2D eigenvalue weighted by Crippen LogP contribution is -1.82. The van der Waals surface area contributed by atoms with Crippen LogP contribution in [-0.2, 0) is 0 Å². The predicted octanol–water partition coefficient (Wildman–Crippen LogP) is 2.54. The molecule has 1 aromatic rings. The lowest BCUT2D eigenvalue weighted by molar-refractivity contribution is 0.105. The average molecular weight is 171 g/mol. The molecule has 1 aliphatic rings. The number of carbonyl (C=O) groups excluding carboxylic acids is 1. The zero-order valence-corrected chi connectivity index (χ0v) is 6.60. The number of halogens is 1. The minimum atomic E-state index is -0.517. The molecule has 0 aromatic carbocycles. The Morgan fingerprint density at radius 2 is 2.27 bits per heavy atom. The van der Waals surface area contributed by atoms with Crippen molar-refractivity contribution in [3.8, 4) is 0 Å². The van der Waals surface area contributed by atoms with Crippen molar-refractivity contribution in [1.29, 1.82) is 0 Å². The quantitative estimate of drug-likeness (QED) is 0.639. The normalized spacial score (nSPS) is 16.8. The standard InChI is InChI=1S/C8H7ClO2/c9-8(10)7-4-3-6(11-7)5-1-2-5/h3-5H,1-2H2. The molecule has 0 spiro atoms. The summed E-state index contributed by atoms with van der Waals surface area (Å²) in [6, 6.07) is 3.45.